The topological polar surface area (TPSA) is 206 Å². The molecule has 0 atom stereocenters. The highest BCUT2D eigenvalue weighted by Gasteiger charge is 2.39. The minimum Gasteiger partial charge on any atom is -0.360 e. The number of aromatic nitrogens is 1. The number of halogens is 3. The van der Waals surface area contributed by atoms with E-state index in [0.717, 1.165) is 49.6 Å². The number of rotatable bonds is 8. The third-order valence-corrected chi connectivity index (χ3v) is 9.60. The molecule has 250 valence electrons. The standard InChI is InChI=1S/C15H12F3NO4S.C14H13NO7S/c1-24(21,22)12-6-9(15(16,17)18)4-5-10(12)13(20)11-7-19-23-14(11)8-2-3-8;1-23(21,22)8-5-6-9(10(7-8)15(19)20)14(18)13-11(16)3-2-4-12(13)17/h4-8H,2-3H2,1H3;5-7,13H,2-4H2,1H3. The number of Topliss-reactive ketones (excluding diaryl/α,β-unsaturated/α-hetero) is 3. The summed E-state index contributed by atoms with van der Waals surface area (Å²) in [4.78, 5) is 58.0. The Bertz CT molecular complexity index is 2020. The second-order valence-corrected chi connectivity index (χ2v) is 15.0. The van der Waals surface area contributed by atoms with Crippen molar-refractivity contribution in [2.45, 2.75) is 54.0 Å². The van der Waals surface area contributed by atoms with Crippen molar-refractivity contribution in [3.05, 3.63) is 80.7 Å². The fraction of sp³-hybridized carbons (Fsp3) is 0.345. The van der Waals surface area contributed by atoms with Crippen molar-refractivity contribution in [3.63, 3.8) is 0 Å². The average Bonchev–Trinajstić information content (AvgIpc) is 3.70. The number of nitro groups is 1. The Kier molecular flexibility index (Phi) is 9.68. The third-order valence-electron chi connectivity index (χ3n) is 7.36. The van der Waals surface area contributed by atoms with Gasteiger partial charge in [-0.1, -0.05) is 5.16 Å². The third kappa shape index (κ3) is 7.87. The zero-order chi connectivity index (χ0) is 35.1. The molecule has 0 N–H and O–H groups in total. The number of nitro benzene ring substituents is 1. The number of sulfone groups is 2. The van der Waals surface area contributed by atoms with Crippen LogP contribution in [0, 0.1) is 16.0 Å². The van der Waals surface area contributed by atoms with Crippen molar-refractivity contribution >= 4 is 48.5 Å². The molecule has 47 heavy (non-hydrogen) atoms. The van der Waals surface area contributed by atoms with Crippen LogP contribution in [-0.4, -0.2) is 62.6 Å². The molecule has 0 aliphatic heterocycles. The van der Waals surface area contributed by atoms with Gasteiger partial charge in [-0.3, -0.25) is 29.3 Å². The highest BCUT2D eigenvalue weighted by atomic mass is 32.2. The SMILES string of the molecule is CS(=O)(=O)c1cc(C(F)(F)F)ccc1C(=O)c1cnoc1C1CC1.CS(=O)(=O)c1ccc(C(=O)C2C(=O)CCCC2=O)c([N+](=O)[O-])c1. The normalized spacial score (nSPS) is 15.9. The molecule has 18 heteroatoms. The number of benzene rings is 2. The molecule has 5 rings (SSSR count). The number of hydrogen-bond acceptors (Lipinski definition) is 12. The average molecular weight is 699 g/mol. The van der Waals surface area contributed by atoms with Gasteiger partial charge in [-0.15, -0.1) is 0 Å². The first-order valence-electron chi connectivity index (χ1n) is 13.7. The van der Waals surface area contributed by atoms with Crippen LogP contribution >= 0.6 is 0 Å². The Hall–Kier alpha value is -4.58. The Labute approximate surface area is 265 Å². The van der Waals surface area contributed by atoms with E-state index in [1.54, 1.807) is 0 Å². The van der Waals surface area contributed by atoms with Crippen LogP contribution in [0.5, 0.6) is 0 Å². The summed E-state index contributed by atoms with van der Waals surface area (Å²) in [6.45, 7) is 0. The van der Waals surface area contributed by atoms with Crippen LogP contribution in [0.1, 0.15) is 75.6 Å². The minimum absolute atomic E-state index is 0.0441. The van der Waals surface area contributed by atoms with E-state index in [-0.39, 0.29) is 34.8 Å². The summed E-state index contributed by atoms with van der Waals surface area (Å²) in [7, 11) is -7.74. The lowest BCUT2D eigenvalue weighted by molar-refractivity contribution is -0.385. The molecule has 0 unspecified atom stereocenters. The number of carbonyl (C=O) groups is 4. The molecule has 2 saturated carbocycles. The molecule has 0 amide bonds. The van der Waals surface area contributed by atoms with Crippen LogP contribution in [0.15, 0.2) is 56.9 Å². The van der Waals surface area contributed by atoms with Crippen molar-refractivity contribution in [1.82, 2.24) is 5.16 Å². The van der Waals surface area contributed by atoms with Crippen molar-refractivity contribution in [2.75, 3.05) is 12.5 Å². The largest absolute Gasteiger partial charge is 0.416 e. The highest BCUT2D eigenvalue weighted by Crippen LogP contribution is 2.42. The second-order valence-electron chi connectivity index (χ2n) is 11.0. The Balaban J connectivity index is 0.000000213. The Morgan fingerprint density at radius 2 is 1.51 bits per heavy atom. The van der Waals surface area contributed by atoms with Crippen molar-refractivity contribution in [2.24, 2.45) is 5.92 Å². The molecule has 0 bridgehead atoms. The van der Waals surface area contributed by atoms with Gasteiger partial charge in [0.05, 0.1) is 37.6 Å². The second kappa shape index (κ2) is 12.9. The molecule has 2 aliphatic carbocycles. The van der Waals surface area contributed by atoms with Gasteiger partial charge in [0.15, 0.2) is 48.6 Å². The van der Waals surface area contributed by atoms with Crippen LogP contribution < -0.4 is 0 Å². The van der Waals surface area contributed by atoms with Crippen LogP contribution in [0.2, 0.25) is 0 Å². The summed E-state index contributed by atoms with van der Waals surface area (Å²) in [5, 5.41) is 14.7. The van der Waals surface area contributed by atoms with E-state index in [4.69, 9.17) is 4.52 Å². The van der Waals surface area contributed by atoms with E-state index in [2.05, 4.69) is 5.16 Å². The smallest absolute Gasteiger partial charge is 0.360 e. The molecule has 0 saturated heterocycles. The molecule has 13 nitrogen and oxygen atoms in total. The first-order valence-corrected chi connectivity index (χ1v) is 17.5. The highest BCUT2D eigenvalue weighted by molar-refractivity contribution is 7.91. The molecule has 0 spiro atoms. The van der Waals surface area contributed by atoms with Gasteiger partial charge in [0, 0.05) is 42.9 Å². The Morgan fingerprint density at radius 3 is 2.02 bits per heavy atom. The van der Waals surface area contributed by atoms with Crippen molar-refractivity contribution in [3.8, 4) is 0 Å². The van der Waals surface area contributed by atoms with Gasteiger partial charge in [-0.05, 0) is 49.6 Å². The van der Waals surface area contributed by atoms with Crippen LogP contribution in [-0.2, 0) is 35.4 Å². The minimum atomic E-state index is -4.71. The van der Waals surface area contributed by atoms with Crippen LogP contribution in [0.25, 0.3) is 0 Å². The lowest BCUT2D eigenvalue weighted by Gasteiger charge is -2.18. The first-order chi connectivity index (χ1) is 21.7. The van der Waals surface area contributed by atoms with Crippen molar-refractivity contribution in [1.29, 1.82) is 0 Å². The van der Waals surface area contributed by atoms with Gasteiger partial charge in [-0.2, -0.15) is 13.2 Å². The molecular formula is C29H25F3N2O11S2. The molecule has 2 aliphatic rings. The predicted molar refractivity (Wildman–Crippen MR) is 154 cm³/mol. The maximum absolute atomic E-state index is 12.8. The lowest BCUT2D eigenvalue weighted by atomic mass is 9.81. The quantitative estimate of drug-likeness (QED) is 0.140. The molecule has 0 radical (unpaired) electrons. The first kappa shape index (κ1) is 35.3. The van der Waals surface area contributed by atoms with Crippen LogP contribution in [0.3, 0.4) is 0 Å². The summed E-state index contributed by atoms with van der Waals surface area (Å²) in [5.41, 5.74) is -2.54. The Morgan fingerprint density at radius 1 is 0.915 bits per heavy atom. The lowest BCUT2D eigenvalue weighted by Crippen LogP contribution is -2.35. The summed E-state index contributed by atoms with van der Waals surface area (Å²) in [5.74, 6) is -3.94. The molecule has 3 aromatic rings. The van der Waals surface area contributed by atoms with Crippen molar-refractivity contribution < 1.29 is 58.6 Å². The van der Waals surface area contributed by atoms with E-state index in [1.807, 2.05) is 0 Å². The number of carbonyl (C=O) groups excluding carboxylic acids is 4. The summed E-state index contributed by atoms with van der Waals surface area (Å²) in [6, 6.07) is 4.84. The maximum Gasteiger partial charge on any atom is 0.416 e. The maximum atomic E-state index is 12.8. The molecular weight excluding hydrogens is 673 g/mol. The molecule has 2 fully saturated rings. The summed E-state index contributed by atoms with van der Waals surface area (Å²) < 4.78 is 90.3. The fourth-order valence-electron chi connectivity index (χ4n) is 4.85. The number of ketones is 4. The van der Waals surface area contributed by atoms with E-state index in [9.17, 15) is 59.3 Å². The number of hydrogen-bond donors (Lipinski definition) is 0. The number of nitrogens with zero attached hydrogens (tertiary/aromatic N) is 2. The zero-order valence-corrected chi connectivity index (χ0v) is 26.2. The predicted octanol–water partition coefficient (Wildman–Crippen LogP) is 4.32. The van der Waals surface area contributed by atoms with Gasteiger partial charge < -0.3 is 4.52 Å². The van der Waals surface area contributed by atoms with Crippen LogP contribution in [0.4, 0.5) is 18.9 Å². The van der Waals surface area contributed by atoms with Gasteiger partial charge in [0.2, 0.25) is 0 Å². The number of alkyl halides is 3. The van der Waals surface area contributed by atoms with Gasteiger partial charge in [0.1, 0.15) is 5.92 Å². The van der Waals surface area contributed by atoms with E-state index >= 15 is 0 Å². The van der Waals surface area contributed by atoms with Gasteiger partial charge >= 0.3 is 6.18 Å². The zero-order valence-electron chi connectivity index (χ0n) is 24.6. The summed E-state index contributed by atoms with van der Waals surface area (Å²) in [6.07, 6.45) is 0.224. The fourth-order valence-corrected chi connectivity index (χ4v) is 6.39. The molecule has 1 aromatic heterocycles. The van der Waals surface area contributed by atoms with Gasteiger partial charge in [0.25, 0.3) is 5.69 Å². The molecule has 1 heterocycles. The van der Waals surface area contributed by atoms with E-state index < -0.39 is 81.5 Å². The van der Waals surface area contributed by atoms with E-state index in [0.29, 0.717) is 24.3 Å². The monoisotopic (exact) mass is 698 g/mol. The van der Waals surface area contributed by atoms with Gasteiger partial charge in [-0.25, -0.2) is 16.8 Å². The molecule has 2 aromatic carbocycles. The summed E-state index contributed by atoms with van der Waals surface area (Å²) >= 11 is 0. The van der Waals surface area contributed by atoms with E-state index in [1.165, 1.54) is 6.20 Å².